The molecule has 7 nitrogen and oxygen atoms in total. The van der Waals surface area contributed by atoms with Crippen LogP contribution in [0.25, 0.3) is 0 Å². The molecule has 0 fully saturated rings. The number of aromatic nitrogens is 2. The zero-order valence-electron chi connectivity index (χ0n) is 15.7. The molecule has 0 bridgehead atoms. The molecule has 7 heteroatoms. The number of carbonyl (C=O) groups excluding carboxylic acids is 2. The van der Waals surface area contributed by atoms with Crippen LogP contribution < -0.4 is 16.0 Å². The van der Waals surface area contributed by atoms with Gasteiger partial charge in [-0.1, -0.05) is 25.1 Å². The molecule has 0 saturated carbocycles. The maximum atomic E-state index is 12.3. The Hall–Kier alpha value is -3.74. The number of hydrogen-bond donors (Lipinski definition) is 3. The van der Waals surface area contributed by atoms with Crippen molar-refractivity contribution in [1.29, 1.82) is 0 Å². The fourth-order valence-electron chi connectivity index (χ4n) is 2.54. The Morgan fingerprint density at radius 2 is 1.57 bits per heavy atom. The smallest absolute Gasteiger partial charge is 0.258 e. The zero-order valence-corrected chi connectivity index (χ0v) is 15.7. The van der Waals surface area contributed by atoms with Crippen LogP contribution in [0.15, 0.2) is 60.9 Å². The van der Waals surface area contributed by atoms with E-state index in [9.17, 15) is 9.59 Å². The van der Waals surface area contributed by atoms with E-state index in [0.717, 1.165) is 17.8 Å². The van der Waals surface area contributed by atoms with E-state index in [-0.39, 0.29) is 11.8 Å². The van der Waals surface area contributed by atoms with Crippen molar-refractivity contribution in [3.63, 3.8) is 0 Å². The summed E-state index contributed by atoms with van der Waals surface area (Å²) in [4.78, 5) is 31.9. The molecule has 0 aliphatic heterocycles. The third-order valence-corrected chi connectivity index (χ3v) is 3.97. The van der Waals surface area contributed by atoms with Crippen molar-refractivity contribution in [3.8, 4) is 0 Å². The van der Waals surface area contributed by atoms with Gasteiger partial charge in [-0.2, -0.15) is 0 Å². The summed E-state index contributed by atoms with van der Waals surface area (Å²) in [5.74, 6) is -0.0691. The molecule has 3 N–H and O–H groups in total. The lowest BCUT2D eigenvalue weighted by molar-refractivity contribution is -0.114. The van der Waals surface area contributed by atoms with E-state index in [1.54, 1.807) is 18.2 Å². The quantitative estimate of drug-likeness (QED) is 0.605. The van der Waals surface area contributed by atoms with Crippen molar-refractivity contribution in [2.75, 3.05) is 16.0 Å². The van der Waals surface area contributed by atoms with Crippen LogP contribution in [0.2, 0.25) is 0 Å². The number of benzene rings is 2. The van der Waals surface area contributed by atoms with E-state index in [1.165, 1.54) is 24.9 Å². The highest BCUT2D eigenvalue weighted by Gasteiger charge is 2.08. The standard InChI is InChI=1S/C21H21N5O2/c1-3-15-7-9-17(10-8-15)25-20(28)16-12-22-21(23-13-16)26-19-6-4-5-18(11-19)24-14(2)27/h4-13H,3H2,1-2H3,(H,24,27)(H,25,28)(H,22,23,26). The van der Waals surface area contributed by atoms with Crippen LogP contribution in [0, 0.1) is 0 Å². The van der Waals surface area contributed by atoms with Gasteiger partial charge < -0.3 is 16.0 Å². The Labute approximate surface area is 163 Å². The van der Waals surface area contributed by atoms with E-state index in [2.05, 4.69) is 32.8 Å². The molecule has 2 aromatic carbocycles. The minimum atomic E-state index is -0.275. The first-order valence-corrected chi connectivity index (χ1v) is 8.90. The van der Waals surface area contributed by atoms with Gasteiger partial charge in [0.05, 0.1) is 5.56 Å². The van der Waals surface area contributed by atoms with Crippen LogP contribution in [-0.4, -0.2) is 21.8 Å². The number of hydrogen-bond acceptors (Lipinski definition) is 5. The van der Waals surface area contributed by atoms with E-state index >= 15 is 0 Å². The second-order valence-electron chi connectivity index (χ2n) is 6.19. The topological polar surface area (TPSA) is 96.0 Å². The summed E-state index contributed by atoms with van der Waals surface area (Å²) in [7, 11) is 0. The van der Waals surface area contributed by atoms with Gasteiger partial charge in [0.15, 0.2) is 0 Å². The predicted molar refractivity (Wildman–Crippen MR) is 110 cm³/mol. The minimum Gasteiger partial charge on any atom is -0.326 e. The monoisotopic (exact) mass is 375 g/mol. The number of carbonyl (C=O) groups is 2. The maximum Gasteiger partial charge on any atom is 0.258 e. The SMILES string of the molecule is CCc1ccc(NC(=O)c2cnc(Nc3cccc(NC(C)=O)c3)nc2)cc1. The summed E-state index contributed by atoms with van der Waals surface area (Å²) in [6.07, 6.45) is 3.87. The van der Waals surface area contributed by atoms with Crippen molar-refractivity contribution in [2.45, 2.75) is 20.3 Å². The molecule has 0 unspecified atom stereocenters. The Morgan fingerprint density at radius 1 is 0.893 bits per heavy atom. The van der Waals surface area contributed by atoms with E-state index in [0.29, 0.717) is 17.2 Å². The van der Waals surface area contributed by atoms with Gasteiger partial charge in [0.1, 0.15) is 0 Å². The summed E-state index contributed by atoms with van der Waals surface area (Å²) in [6.45, 7) is 3.53. The first kappa shape index (κ1) is 19.0. The molecule has 3 rings (SSSR count). The maximum absolute atomic E-state index is 12.3. The van der Waals surface area contributed by atoms with Gasteiger partial charge in [-0.05, 0) is 42.3 Å². The van der Waals surface area contributed by atoms with Crippen molar-refractivity contribution in [1.82, 2.24) is 9.97 Å². The molecule has 0 aliphatic carbocycles. The Morgan fingerprint density at radius 3 is 2.21 bits per heavy atom. The largest absolute Gasteiger partial charge is 0.326 e. The Bertz CT molecular complexity index is 969. The fraction of sp³-hybridized carbons (Fsp3) is 0.143. The molecule has 0 radical (unpaired) electrons. The lowest BCUT2D eigenvalue weighted by atomic mass is 10.1. The third-order valence-electron chi connectivity index (χ3n) is 3.97. The average Bonchev–Trinajstić information content (AvgIpc) is 2.69. The normalized spacial score (nSPS) is 10.2. The fourth-order valence-corrected chi connectivity index (χ4v) is 2.54. The molecule has 0 aliphatic rings. The van der Waals surface area contributed by atoms with Crippen LogP contribution in [0.3, 0.4) is 0 Å². The summed E-state index contributed by atoms with van der Waals surface area (Å²) in [6, 6.07) is 14.9. The van der Waals surface area contributed by atoms with Gasteiger partial charge in [0, 0.05) is 36.4 Å². The molecular weight excluding hydrogens is 354 g/mol. The van der Waals surface area contributed by atoms with Gasteiger partial charge in [0.2, 0.25) is 11.9 Å². The summed E-state index contributed by atoms with van der Waals surface area (Å²) in [5, 5.41) is 8.58. The molecule has 1 heterocycles. The van der Waals surface area contributed by atoms with Crippen molar-refractivity contribution in [3.05, 3.63) is 72.1 Å². The summed E-state index contributed by atoms with van der Waals surface area (Å²) >= 11 is 0. The number of aryl methyl sites for hydroxylation is 1. The lowest BCUT2D eigenvalue weighted by Gasteiger charge is -2.08. The molecule has 142 valence electrons. The lowest BCUT2D eigenvalue weighted by Crippen LogP contribution is -2.13. The highest BCUT2D eigenvalue weighted by Crippen LogP contribution is 2.18. The highest BCUT2D eigenvalue weighted by atomic mass is 16.2. The van der Waals surface area contributed by atoms with Crippen LogP contribution in [-0.2, 0) is 11.2 Å². The van der Waals surface area contributed by atoms with Gasteiger partial charge in [-0.25, -0.2) is 9.97 Å². The summed E-state index contributed by atoms with van der Waals surface area (Å²) in [5.41, 5.74) is 3.68. The number of nitrogens with one attached hydrogen (secondary N) is 3. The van der Waals surface area contributed by atoms with E-state index < -0.39 is 0 Å². The van der Waals surface area contributed by atoms with Crippen LogP contribution in [0.5, 0.6) is 0 Å². The summed E-state index contributed by atoms with van der Waals surface area (Å²) < 4.78 is 0. The van der Waals surface area contributed by atoms with Crippen molar-refractivity contribution >= 4 is 34.8 Å². The molecule has 0 saturated heterocycles. The molecular formula is C21H21N5O2. The van der Waals surface area contributed by atoms with Gasteiger partial charge in [-0.3, -0.25) is 9.59 Å². The molecule has 1 aromatic heterocycles. The van der Waals surface area contributed by atoms with Crippen LogP contribution >= 0.6 is 0 Å². The van der Waals surface area contributed by atoms with Gasteiger partial charge in [0.25, 0.3) is 5.91 Å². The van der Waals surface area contributed by atoms with Crippen LogP contribution in [0.1, 0.15) is 29.8 Å². The second-order valence-corrected chi connectivity index (χ2v) is 6.19. The third kappa shape index (κ3) is 5.14. The number of amides is 2. The second kappa shape index (κ2) is 8.77. The molecule has 0 atom stereocenters. The highest BCUT2D eigenvalue weighted by molar-refractivity contribution is 6.03. The Balaban J connectivity index is 1.64. The average molecular weight is 375 g/mol. The molecule has 0 spiro atoms. The molecule has 2 amide bonds. The number of nitrogens with zero attached hydrogens (tertiary/aromatic N) is 2. The first-order valence-electron chi connectivity index (χ1n) is 8.90. The van der Waals surface area contributed by atoms with Crippen molar-refractivity contribution in [2.24, 2.45) is 0 Å². The predicted octanol–water partition coefficient (Wildman–Crippen LogP) is 3.99. The number of rotatable bonds is 6. The van der Waals surface area contributed by atoms with Crippen LogP contribution in [0.4, 0.5) is 23.0 Å². The first-order chi connectivity index (χ1) is 13.5. The Kier molecular flexibility index (Phi) is 5.96. The van der Waals surface area contributed by atoms with Gasteiger partial charge in [-0.15, -0.1) is 0 Å². The minimum absolute atomic E-state index is 0.145. The van der Waals surface area contributed by atoms with E-state index in [4.69, 9.17) is 0 Å². The van der Waals surface area contributed by atoms with Gasteiger partial charge >= 0.3 is 0 Å². The molecule has 3 aromatic rings. The van der Waals surface area contributed by atoms with Crippen molar-refractivity contribution < 1.29 is 9.59 Å². The zero-order chi connectivity index (χ0) is 19.9. The number of anilines is 4. The van der Waals surface area contributed by atoms with E-state index in [1.807, 2.05) is 30.3 Å². The molecule has 28 heavy (non-hydrogen) atoms.